The average molecular weight is 204 g/mol. The van der Waals surface area contributed by atoms with Crippen LogP contribution in [0.25, 0.3) is 0 Å². The van der Waals surface area contributed by atoms with Gasteiger partial charge in [0.2, 0.25) is 5.95 Å². The molecule has 2 heterocycles. The Morgan fingerprint density at radius 3 is 3.00 bits per heavy atom. The highest BCUT2D eigenvalue weighted by molar-refractivity contribution is 5.21. The zero-order valence-electron chi connectivity index (χ0n) is 8.46. The predicted octanol–water partition coefficient (Wildman–Crippen LogP) is 0.260. The molecule has 2 aromatic rings. The van der Waals surface area contributed by atoms with Gasteiger partial charge in [0.05, 0.1) is 0 Å². The number of aryl methyl sites for hydroxylation is 1. The van der Waals surface area contributed by atoms with E-state index in [1.54, 1.807) is 17.9 Å². The summed E-state index contributed by atoms with van der Waals surface area (Å²) < 4.78 is 1.60. The SMILES string of the molecule is Cn1nnnc1NCCc1ccccn1. The highest BCUT2D eigenvalue weighted by Crippen LogP contribution is 1.98. The van der Waals surface area contributed by atoms with E-state index in [-0.39, 0.29) is 0 Å². The molecule has 6 nitrogen and oxygen atoms in total. The smallest absolute Gasteiger partial charge is 0.242 e. The Morgan fingerprint density at radius 2 is 2.33 bits per heavy atom. The Hall–Kier alpha value is -1.98. The second-order valence-corrected chi connectivity index (χ2v) is 3.12. The topological polar surface area (TPSA) is 68.5 Å². The lowest BCUT2D eigenvalue weighted by Gasteiger charge is -2.02. The van der Waals surface area contributed by atoms with E-state index in [1.165, 1.54) is 0 Å². The van der Waals surface area contributed by atoms with E-state index in [0.717, 1.165) is 18.7 Å². The molecule has 0 spiro atoms. The first kappa shape index (κ1) is 9.57. The molecule has 0 aliphatic carbocycles. The summed E-state index contributed by atoms with van der Waals surface area (Å²) >= 11 is 0. The fourth-order valence-electron chi connectivity index (χ4n) is 1.23. The number of hydrogen-bond acceptors (Lipinski definition) is 5. The fraction of sp³-hybridized carbons (Fsp3) is 0.333. The van der Waals surface area contributed by atoms with Crippen molar-refractivity contribution >= 4 is 5.95 Å². The first-order chi connectivity index (χ1) is 7.36. The molecule has 0 radical (unpaired) electrons. The van der Waals surface area contributed by atoms with Crippen molar-refractivity contribution in [2.75, 3.05) is 11.9 Å². The lowest BCUT2D eigenvalue weighted by molar-refractivity contribution is 0.711. The number of tetrazole rings is 1. The number of nitrogens with one attached hydrogen (secondary N) is 1. The second-order valence-electron chi connectivity index (χ2n) is 3.12. The summed E-state index contributed by atoms with van der Waals surface area (Å²) in [6, 6.07) is 5.88. The van der Waals surface area contributed by atoms with Crippen molar-refractivity contribution < 1.29 is 0 Å². The van der Waals surface area contributed by atoms with Gasteiger partial charge in [-0.2, -0.15) is 0 Å². The Kier molecular flexibility index (Phi) is 2.87. The van der Waals surface area contributed by atoms with Crippen LogP contribution < -0.4 is 5.32 Å². The first-order valence-electron chi connectivity index (χ1n) is 4.72. The van der Waals surface area contributed by atoms with Gasteiger partial charge in [0.1, 0.15) is 0 Å². The van der Waals surface area contributed by atoms with Crippen LogP contribution in [-0.2, 0) is 13.5 Å². The molecule has 0 saturated carbocycles. The maximum atomic E-state index is 4.22. The van der Waals surface area contributed by atoms with Gasteiger partial charge in [-0.15, -0.1) is 0 Å². The maximum absolute atomic E-state index is 4.22. The molecule has 0 aromatic carbocycles. The predicted molar refractivity (Wildman–Crippen MR) is 55.2 cm³/mol. The van der Waals surface area contributed by atoms with Crippen LogP contribution in [0.5, 0.6) is 0 Å². The minimum absolute atomic E-state index is 0.672. The zero-order chi connectivity index (χ0) is 10.5. The van der Waals surface area contributed by atoms with Gasteiger partial charge in [-0.25, -0.2) is 4.68 Å². The molecule has 0 aliphatic heterocycles. The second kappa shape index (κ2) is 4.50. The molecule has 0 fully saturated rings. The quantitative estimate of drug-likeness (QED) is 0.773. The molecule has 0 bridgehead atoms. The third-order valence-electron chi connectivity index (χ3n) is 2.01. The van der Waals surface area contributed by atoms with Gasteiger partial charge < -0.3 is 5.32 Å². The Bertz CT molecular complexity index is 410. The molecule has 0 atom stereocenters. The molecular formula is C9H12N6. The Balaban J connectivity index is 1.83. The largest absolute Gasteiger partial charge is 0.353 e. The molecule has 78 valence electrons. The number of hydrogen-bond donors (Lipinski definition) is 1. The maximum Gasteiger partial charge on any atom is 0.242 e. The van der Waals surface area contributed by atoms with Crippen LogP contribution in [0.4, 0.5) is 5.95 Å². The zero-order valence-corrected chi connectivity index (χ0v) is 8.46. The van der Waals surface area contributed by atoms with Crippen molar-refractivity contribution in [3.8, 4) is 0 Å². The molecule has 2 aromatic heterocycles. The van der Waals surface area contributed by atoms with Crippen LogP contribution in [0.2, 0.25) is 0 Å². The van der Waals surface area contributed by atoms with Gasteiger partial charge >= 0.3 is 0 Å². The van der Waals surface area contributed by atoms with E-state index in [4.69, 9.17) is 0 Å². The van der Waals surface area contributed by atoms with Crippen LogP contribution in [0, 0.1) is 0 Å². The lowest BCUT2D eigenvalue weighted by atomic mass is 10.3. The van der Waals surface area contributed by atoms with Crippen molar-refractivity contribution in [1.82, 2.24) is 25.2 Å². The molecule has 0 aliphatic rings. The average Bonchev–Trinajstić information content (AvgIpc) is 2.66. The van der Waals surface area contributed by atoms with E-state index >= 15 is 0 Å². The van der Waals surface area contributed by atoms with Crippen LogP contribution in [0.15, 0.2) is 24.4 Å². The monoisotopic (exact) mass is 204 g/mol. The minimum Gasteiger partial charge on any atom is -0.353 e. The van der Waals surface area contributed by atoms with Gasteiger partial charge in [-0.3, -0.25) is 4.98 Å². The van der Waals surface area contributed by atoms with Crippen molar-refractivity contribution in [2.24, 2.45) is 7.05 Å². The van der Waals surface area contributed by atoms with Crippen molar-refractivity contribution in [3.05, 3.63) is 30.1 Å². The van der Waals surface area contributed by atoms with E-state index in [0.29, 0.717) is 5.95 Å². The summed E-state index contributed by atoms with van der Waals surface area (Å²) in [6.45, 7) is 0.769. The van der Waals surface area contributed by atoms with E-state index in [9.17, 15) is 0 Å². The van der Waals surface area contributed by atoms with Gasteiger partial charge in [0.15, 0.2) is 0 Å². The summed E-state index contributed by atoms with van der Waals surface area (Å²) in [5, 5.41) is 14.2. The third-order valence-corrected chi connectivity index (χ3v) is 2.01. The van der Waals surface area contributed by atoms with Crippen molar-refractivity contribution in [1.29, 1.82) is 0 Å². The van der Waals surface area contributed by atoms with Crippen molar-refractivity contribution in [2.45, 2.75) is 6.42 Å². The molecule has 2 rings (SSSR count). The third kappa shape index (κ3) is 2.49. The van der Waals surface area contributed by atoms with Gasteiger partial charge in [0, 0.05) is 31.9 Å². The summed E-state index contributed by atoms with van der Waals surface area (Å²) in [7, 11) is 1.79. The molecule has 1 N–H and O–H groups in total. The van der Waals surface area contributed by atoms with Crippen molar-refractivity contribution in [3.63, 3.8) is 0 Å². The first-order valence-corrected chi connectivity index (χ1v) is 4.72. The van der Waals surface area contributed by atoms with E-state index in [1.807, 2.05) is 18.2 Å². The molecule has 15 heavy (non-hydrogen) atoms. The van der Waals surface area contributed by atoms with Crippen LogP contribution in [0.1, 0.15) is 5.69 Å². The van der Waals surface area contributed by atoms with E-state index in [2.05, 4.69) is 25.8 Å². The highest BCUT2D eigenvalue weighted by Gasteiger charge is 1.99. The van der Waals surface area contributed by atoms with E-state index < -0.39 is 0 Å². The van der Waals surface area contributed by atoms with Gasteiger partial charge in [0.25, 0.3) is 0 Å². The summed E-state index contributed by atoms with van der Waals surface area (Å²) in [5.74, 6) is 0.672. The number of pyridine rings is 1. The molecular weight excluding hydrogens is 192 g/mol. The van der Waals surface area contributed by atoms with Crippen LogP contribution in [-0.4, -0.2) is 31.7 Å². The highest BCUT2D eigenvalue weighted by atomic mass is 15.6. The molecule has 6 heteroatoms. The number of anilines is 1. The summed E-state index contributed by atoms with van der Waals surface area (Å²) in [6.07, 6.45) is 2.65. The summed E-state index contributed by atoms with van der Waals surface area (Å²) in [5.41, 5.74) is 1.06. The van der Waals surface area contributed by atoms with Crippen LogP contribution in [0.3, 0.4) is 0 Å². The van der Waals surface area contributed by atoms with Crippen LogP contribution >= 0.6 is 0 Å². The molecule has 0 saturated heterocycles. The standard InChI is InChI=1S/C9H12N6/c1-15-9(12-13-14-15)11-7-5-8-4-2-3-6-10-8/h2-4,6H,5,7H2,1H3,(H,11,12,14). The lowest BCUT2D eigenvalue weighted by Crippen LogP contribution is -2.10. The molecule has 0 amide bonds. The van der Waals surface area contributed by atoms with Gasteiger partial charge in [-0.1, -0.05) is 11.2 Å². The molecule has 0 unspecified atom stereocenters. The Morgan fingerprint density at radius 1 is 1.40 bits per heavy atom. The summed E-state index contributed by atoms with van der Waals surface area (Å²) in [4.78, 5) is 4.22. The number of aromatic nitrogens is 5. The number of nitrogens with zero attached hydrogens (tertiary/aromatic N) is 5. The Labute approximate surface area is 87.3 Å². The normalized spacial score (nSPS) is 10.2. The van der Waals surface area contributed by atoms with Gasteiger partial charge in [-0.05, 0) is 22.6 Å². The minimum atomic E-state index is 0.672. The number of rotatable bonds is 4. The fourth-order valence-corrected chi connectivity index (χ4v) is 1.23.